The molecule has 0 saturated carbocycles. The predicted octanol–water partition coefficient (Wildman–Crippen LogP) is 2.17. The van der Waals surface area contributed by atoms with Crippen molar-refractivity contribution < 1.29 is 13.2 Å². The number of alkyl halides is 3. The van der Waals surface area contributed by atoms with Gasteiger partial charge in [-0.25, -0.2) is 0 Å². The van der Waals surface area contributed by atoms with Gasteiger partial charge in [0.1, 0.15) is 11.0 Å². The summed E-state index contributed by atoms with van der Waals surface area (Å²) in [6.45, 7) is 0. The molecule has 0 amide bonds. The van der Waals surface area contributed by atoms with Crippen molar-refractivity contribution in [2.45, 2.75) is 5.51 Å². The summed E-state index contributed by atoms with van der Waals surface area (Å²) >= 11 is -0.596. The molecule has 0 aliphatic rings. The molecule has 0 saturated heterocycles. The van der Waals surface area contributed by atoms with Gasteiger partial charge in [-0.2, -0.15) is 23.7 Å². The van der Waals surface area contributed by atoms with Crippen LogP contribution in [0, 0.1) is 22.7 Å². The molecule has 0 N–H and O–H groups in total. The normalized spacial score (nSPS) is 11.9. The Kier molecular flexibility index (Phi) is 3.49. The first-order valence-electron chi connectivity index (χ1n) is 2.25. The van der Waals surface area contributed by atoms with Crippen molar-refractivity contribution in [2.75, 3.05) is 0 Å². The highest BCUT2D eigenvalue weighted by Gasteiger charge is 2.30. The summed E-state index contributed by atoms with van der Waals surface area (Å²) < 4.78 is 34.4. The van der Waals surface area contributed by atoms with Gasteiger partial charge in [-0.05, 0) is 11.8 Å². The highest BCUT2D eigenvalue weighted by atomic mass is 32.2. The molecule has 2 nitrogen and oxygen atoms in total. The van der Waals surface area contributed by atoms with E-state index in [-0.39, 0.29) is 0 Å². The van der Waals surface area contributed by atoms with Crippen molar-refractivity contribution >= 4 is 11.8 Å². The highest BCUT2D eigenvalue weighted by molar-refractivity contribution is 8.04. The van der Waals surface area contributed by atoms with Crippen molar-refractivity contribution in [1.29, 1.82) is 10.5 Å². The second-order valence-corrected chi connectivity index (χ2v) is 2.40. The van der Waals surface area contributed by atoms with E-state index in [4.69, 9.17) is 10.5 Å². The molecule has 0 aliphatic heterocycles. The van der Waals surface area contributed by atoms with Crippen LogP contribution in [0.15, 0.2) is 11.0 Å². The fraction of sp³-hybridized carbons (Fsp3) is 0.200. The minimum absolute atomic E-state index is 0.554. The van der Waals surface area contributed by atoms with E-state index in [0.717, 1.165) is 0 Å². The van der Waals surface area contributed by atoms with Crippen LogP contribution in [-0.4, -0.2) is 5.51 Å². The third-order valence-electron chi connectivity index (χ3n) is 0.532. The molecule has 0 bridgehead atoms. The quantitative estimate of drug-likeness (QED) is 0.578. The number of nitriles is 2. The number of allylic oxidation sites excluding steroid dienone is 2. The molecular weight excluding hydrogens is 177 g/mol. The van der Waals surface area contributed by atoms with Crippen molar-refractivity contribution in [1.82, 2.24) is 0 Å². The maximum atomic E-state index is 11.5. The molecule has 0 aromatic heterocycles. The van der Waals surface area contributed by atoms with E-state index in [9.17, 15) is 13.2 Å². The number of halogens is 3. The van der Waals surface area contributed by atoms with Gasteiger partial charge in [-0.1, -0.05) is 0 Å². The van der Waals surface area contributed by atoms with Gasteiger partial charge in [0.05, 0.1) is 6.07 Å². The average molecular weight is 178 g/mol. The lowest BCUT2D eigenvalue weighted by atomic mass is 10.5. The van der Waals surface area contributed by atoms with Crippen LogP contribution < -0.4 is 0 Å². The molecule has 0 aliphatic carbocycles. The van der Waals surface area contributed by atoms with Crippen molar-refractivity contribution in [3.63, 3.8) is 0 Å². The first kappa shape index (κ1) is 9.86. The second kappa shape index (κ2) is 3.89. The van der Waals surface area contributed by atoms with E-state index >= 15 is 0 Å². The Morgan fingerprint density at radius 3 is 2.18 bits per heavy atom. The average Bonchev–Trinajstić information content (AvgIpc) is 1.84. The number of rotatable bonds is 1. The largest absolute Gasteiger partial charge is 0.447 e. The van der Waals surface area contributed by atoms with E-state index in [0.29, 0.717) is 6.08 Å². The molecule has 11 heavy (non-hydrogen) atoms. The van der Waals surface area contributed by atoms with Crippen LogP contribution in [0.4, 0.5) is 13.2 Å². The Morgan fingerprint density at radius 2 is 1.91 bits per heavy atom. The summed E-state index contributed by atoms with van der Waals surface area (Å²) in [4.78, 5) is -0.653. The summed E-state index contributed by atoms with van der Waals surface area (Å²) in [5.41, 5.74) is -4.50. The lowest BCUT2D eigenvalue weighted by molar-refractivity contribution is -0.0321. The van der Waals surface area contributed by atoms with Gasteiger partial charge in [0.15, 0.2) is 0 Å². The first-order chi connectivity index (χ1) is 4.99. The SMILES string of the molecule is N#C/C=C(/C#N)SC(F)(F)F. The molecule has 6 heteroatoms. The fourth-order valence-electron chi connectivity index (χ4n) is 0.268. The van der Waals surface area contributed by atoms with Crippen LogP contribution in [0.5, 0.6) is 0 Å². The maximum Gasteiger partial charge on any atom is 0.447 e. The Balaban J connectivity index is 4.28. The van der Waals surface area contributed by atoms with Gasteiger partial charge in [-0.15, -0.1) is 0 Å². The Morgan fingerprint density at radius 1 is 1.36 bits per heavy atom. The van der Waals surface area contributed by atoms with Gasteiger partial charge in [-0.3, -0.25) is 0 Å². The van der Waals surface area contributed by atoms with Crippen LogP contribution >= 0.6 is 11.8 Å². The van der Waals surface area contributed by atoms with Crippen molar-refractivity contribution in [2.24, 2.45) is 0 Å². The second-order valence-electron chi connectivity index (χ2n) is 1.30. The van der Waals surface area contributed by atoms with Gasteiger partial charge in [0.25, 0.3) is 0 Å². The number of hydrogen-bond acceptors (Lipinski definition) is 3. The van der Waals surface area contributed by atoms with Gasteiger partial charge >= 0.3 is 5.51 Å². The summed E-state index contributed by atoms with van der Waals surface area (Å²) in [7, 11) is 0. The van der Waals surface area contributed by atoms with Crippen LogP contribution in [-0.2, 0) is 0 Å². The monoisotopic (exact) mass is 178 g/mol. The first-order valence-corrected chi connectivity index (χ1v) is 3.07. The third kappa shape index (κ3) is 5.31. The lowest BCUT2D eigenvalue weighted by Crippen LogP contribution is -1.99. The van der Waals surface area contributed by atoms with Gasteiger partial charge < -0.3 is 0 Å². The summed E-state index contributed by atoms with van der Waals surface area (Å²) in [6.07, 6.45) is 0.554. The minimum atomic E-state index is -4.50. The molecule has 0 aromatic rings. The molecule has 0 spiro atoms. The van der Waals surface area contributed by atoms with E-state index in [2.05, 4.69) is 0 Å². The molecule has 0 fully saturated rings. The fourth-order valence-corrected chi connectivity index (χ4v) is 0.674. The van der Waals surface area contributed by atoms with E-state index in [1.165, 1.54) is 12.1 Å². The molecule has 0 aromatic carbocycles. The number of hydrogen-bond donors (Lipinski definition) is 0. The van der Waals surface area contributed by atoms with Gasteiger partial charge in [0.2, 0.25) is 0 Å². The standard InChI is InChI=1S/C5HF3N2S/c6-5(7,8)11-4(3-10)1-2-9/h1H/b4-1-. The zero-order valence-electron chi connectivity index (χ0n) is 5.01. The molecular formula is C5HF3N2S. The Bertz CT molecular complexity index is 242. The summed E-state index contributed by atoms with van der Waals surface area (Å²) in [5.74, 6) is 0. The van der Waals surface area contributed by atoms with E-state index in [1.54, 1.807) is 0 Å². The third-order valence-corrected chi connectivity index (χ3v) is 1.19. The zero-order valence-corrected chi connectivity index (χ0v) is 5.83. The molecule has 58 valence electrons. The Hall–Kier alpha value is -1.14. The smallest absolute Gasteiger partial charge is 0.193 e. The van der Waals surface area contributed by atoms with Crippen LogP contribution in [0.1, 0.15) is 0 Å². The van der Waals surface area contributed by atoms with Crippen LogP contribution in [0.2, 0.25) is 0 Å². The number of nitrogens with zero attached hydrogens (tertiary/aromatic N) is 2. The van der Waals surface area contributed by atoms with Gasteiger partial charge in [0, 0.05) is 6.08 Å². The van der Waals surface area contributed by atoms with Crippen LogP contribution in [0.3, 0.4) is 0 Å². The molecule has 0 unspecified atom stereocenters. The highest BCUT2D eigenvalue weighted by Crippen LogP contribution is 2.35. The Labute approximate surface area is 64.9 Å². The maximum absolute atomic E-state index is 11.5. The van der Waals surface area contributed by atoms with Crippen LogP contribution in [0.25, 0.3) is 0 Å². The van der Waals surface area contributed by atoms with Crippen molar-refractivity contribution in [3.8, 4) is 12.1 Å². The zero-order chi connectivity index (χ0) is 8.91. The lowest BCUT2D eigenvalue weighted by Gasteiger charge is -2.00. The topological polar surface area (TPSA) is 47.6 Å². The minimum Gasteiger partial charge on any atom is -0.193 e. The molecule has 0 radical (unpaired) electrons. The molecule has 0 atom stereocenters. The number of thioether (sulfide) groups is 1. The summed E-state index contributed by atoms with van der Waals surface area (Å²) in [5, 5.41) is 15.9. The predicted molar refractivity (Wildman–Crippen MR) is 33.0 cm³/mol. The molecule has 0 rings (SSSR count). The molecule has 0 heterocycles. The van der Waals surface area contributed by atoms with E-state index in [1.807, 2.05) is 0 Å². The summed E-state index contributed by atoms with van der Waals surface area (Å²) in [6, 6.07) is 2.58. The van der Waals surface area contributed by atoms with Crippen molar-refractivity contribution in [3.05, 3.63) is 11.0 Å². The van der Waals surface area contributed by atoms with E-state index < -0.39 is 22.2 Å².